The zero-order valence-corrected chi connectivity index (χ0v) is 11.5. The minimum Gasteiger partial charge on any atom is -0.399 e. The Balaban J connectivity index is 2.46. The number of anilines is 1. The maximum Gasteiger partial charge on any atom is 0.254 e. The summed E-state index contributed by atoms with van der Waals surface area (Å²) in [6, 6.07) is 2.84. The highest BCUT2D eigenvalue weighted by atomic mass is 19.1. The summed E-state index contributed by atoms with van der Waals surface area (Å²) >= 11 is 0. The van der Waals surface area contributed by atoms with E-state index in [9.17, 15) is 9.18 Å². The normalized spacial score (nSPS) is 10.5. The van der Waals surface area contributed by atoms with E-state index in [1.54, 1.807) is 6.92 Å². The lowest BCUT2D eigenvalue weighted by molar-refractivity contribution is 0.0909. The van der Waals surface area contributed by atoms with Crippen molar-refractivity contribution in [2.45, 2.75) is 26.7 Å². The van der Waals surface area contributed by atoms with Gasteiger partial charge in [0.25, 0.3) is 5.91 Å². The quantitative estimate of drug-likeness (QED) is 0.589. The minimum absolute atomic E-state index is 0.0222. The van der Waals surface area contributed by atoms with Crippen molar-refractivity contribution in [1.29, 1.82) is 0 Å². The molecule has 0 aromatic heterocycles. The van der Waals surface area contributed by atoms with Crippen LogP contribution in [0.4, 0.5) is 10.1 Å². The van der Waals surface area contributed by atoms with Gasteiger partial charge in [0.05, 0.1) is 12.2 Å². The minimum atomic E-state index is -0.529. The number of carbonyl (C=O) groups excluding carboxylic acids is 1. The molecule has 3 N–H and O–H groups in total. The largest absolute Gasteiger partial charge is 0.399 e. The summed E-state index contributed by atoms with van der Waals surface area (Å²) in [4.78, 5) is 11.8. The van der Waals surface area contributed by atoms with Gasteiger partial charge in [-0.3, -0.25) is 4.79 Å². The molecule has 1 aromatic rings. The number of nitrogens with two attached hydrogens (primary N) is 1. The first-order valence-electron chi connectivity index (χ1n) is 6.47. The third kappa shape index (κ3) is 4.87. The molecule has 1 amide bonds. The molecule has 1 rings (SSSR count). The Labute approximate surface area is 113 Å². The highest BCUT2D eigenvalue weighted by Crippen LogP contribution is 2.16. The molecule has 0 atom stereocenters. The number of nitrogens with one attached hydrogen (secondary N) is 1. The summed E-state index contributed by atoms with van der Waals surface area (Å²) in [7, 11) is 0. The van der Waals surface area contributed by atoms with E-state index in [-0.39, 0.29) is 5.56 Å². The number of nitrogen functional groups attached to an aromatic ring is 1. The highest BCUT2D eigenvalue weighted by molar-refractivity contribution is 5.95. The summed E-state index contributed by atoms with van der Waals surface area (Å²) in [5.74, 6) is -0.995. The number of amides is 1. The standard InChI is InChI=1S/C14H21FN2O2/c1-3-4-6-19-7-5-17-14(18)12-9-11(16)8-10(2)13(12)15/h8-9H,3-7,16H2,1-2H3,(H,17,18). The van der Waals surface area contributed by atoms with Gasteiger partial charge < -0.3 is 15.8 Å². The Morgan fingerprint density at radius 2 is 2.16 bits per heavy atom. The summed E-state index contributed by atoms with van der Waals surface area (Å²) in [5.41, 5.74) is 6.33. The van der Waals surface area contributed by atoms with Crippen molar-refractivity contribution in [1.82, 2.24) is 5.32 Å². The molecule has 0 radical (unpaired) electrons. The lowest BCUT2D eigenvalue weighted by atomic mass is 10.1. The van der Waals surface area contributed by atoms with Crippen molar-refractivity contribution in [2.24, 2.45) is 0 Å². The second kappa shape index (κ2) is 7.74. The van der Waals surface area contributed by atoms with Gasteiger partial charge in [0.15, 0.2) is 0 Å². The summed E-state index contributed by atoms with van der Waals surface area (Å²) < 4.78 is 19.1. The zero-order valence-electron chi connectivity index (χ0n) is 11.5. The van der Waals surface area contributed by atoms with Gasteiger partial charge in [0.1, 0.15) is 5.82 Å². The number of halogens is 1. The molecule has 0 saturated carbocycles. The monoisotopic (exact) mass is 268 g/mol. The predicted octanol–water partition coefficient (Wildman–Crippen LogP) is 2.26. The molecule has 5 heteroatoms. The molecule has 0 fully saturated rings. The van der Waals surface area contributed by atoms with Gasteiger partial charge in [-0.25, -0.2) is 4.39 Å². The lowest BCUT2D eigenvalue weighted by Gasteiger charge is -2.09. The lowest BCUT2D eigenvalue weighted by Crippen LogP contribution is -2.28. The van der Waals surface area contributed by atoms with Gasteiger partial charge in [-0.1, -0.05) is 13.3 Å². The molecule has 0 aliphatic carbocycles. The second-order valence-electron chi connectivity index (χ2n) is 4.42. The predicted molar refractivity (Wildman–Crippen MR) is 73.6 cm³/mol. The zero-order chi connectivity index (χ0) is 14.3. The maximum absolute atomic E-state index is 13.8. The smallest absolute Gasteiger partial charge is 0.254 e. The van der Waals surface area contributed by atoms with Crippen molar-refractivity contribution in [3.63, 3.8) is 0 Å². The average Bonchev–Trinajstić information content (AvgIpc) is 2.37. The van der Waals surface area contributed by atoms with Crippen molar-refractivity contribution in [3.8, 4) is 0 Å². The van der Waals surface area contributed by atoms with Gasteiger partial charge in [-0.05, 0) is 31.0 Å². The first-order chi connectivity index (χ1) is 9.06. The Morgan fingerprint density at radius 3 is 2.84 bits per heavy atom. The van der Waals surface area contributed by atoms with Gasteiger partial charge in [0, 0.05) is 18.8 Å². The van der Waals surface area contributed by atoms with E-state index < -0.39 is 11.7 Å². The highest BCUT2D eigenvalue weighted by Gasteiger charge is 2.14. The van der Waals surface area contributed by atoms with Gasteiger partial charge in [-0.15, -0.1) is 0 Å². The van der Waals surface area contributed by atoms with Crippen LogP contribution < -0.4 is 11.1 Å². The van der Waals surface area contributed by atoms with Crippen LogP contribution in [-0.2, 0) is 4.74 Å². The SMILES string of the molecule is CCCCOCCNC(=O)c1cc(N)cc(C)c1F. The molecule has 0 aliphatic heterocycles. The number of unbranched alkanes of at least 4 members (excludes halogenated alkanes) is 1. The molecule has 106 valence electrons. The van der Waals surface area contributed by atoms with Crippen LogP contribution in [0.5, 0.6) is 0 Å². The topological polar surface area (TPSA) is 64.3 Å². The molecule has 0 bridgehead atoms. The molecule has 4 nitrogen and oxygen atoms in total. The van der Waals surface area contributed by atoms with Crippen LogP contribution in [0.25, 0.3) is 0 Å². The van der Waals surface area contributed by atoms with Gasteiger partial charge in [0.2, 0.25) is 0 Å². The Kier molecular flexibility index (Phi) is 6.29. The van der Waals surface area contributed by atoms with Gasteiger partial charge in [-0.2, -0.15) is 0 Å². The van der Waals surface area contributed by atoms with E-state index in [1.807, 2.05) is 0 Å². The first kappa shape index (κ1) is 15.4. The number of rotatable bonds is 7. The fourth-order valence-corrected chi connectivity index (χ4v) is 1.64. The fourth-order valence-electron chi connectivity index (χ4n) is 1.64. The average molecular weight is 268 g/mol. The third-order valence-corrected chi connectivity index (χ3v) is 2.70. The molecular weight excluding hydrogens is 247 g/mol. The van der Waals surface area contributed by atoms with Crippen molar-refractivity contribution in [3.05, 3.63) is 29.1 Å². The summed E-state index contributed by atoms with van der Waals surface area (Å²) in [6.07, 6.45) is 2.07. The number of ether oxygens (including phenoxy) is 1. The van der Waals surface area contributed by atoms with Crippen LogP contribution in [-0.4, -0.2) is 25.7 Å². The van der Waals surface area contributed by atoms with Gasteiger partial charge >= 0.3 is 0 Å². The van der Waals surface area contributed by atoms with E-state index in [1.165, 1.54) is 12.1 Å². The first-order valence-corrected chi connectivity index (χ1v) is 6.47. The van der Waals surface area contributed by atoms with Crippen molar-refractivity contribution < 1.29 is 13.9 Å². The molecule has 0 heterocycles. The second-order valence-corrected chi connectivity index (χ2v) is 4.42. The number of hydrogen-bond acceptors (Lipinski definition) is 3. The molecule has 0 aliphatic rings. The number of benzene rings is 1. The number of aryl methyl sites for hydroxylation is 1. The summed E-state index contributed by atoms with van der Waals surface area (Å²) in [6.45, 7) is 5.12. The molecule has 0 spiro atoms. The van der Waals surface area contributed by atoms with Crippen LogP contribution in [0, 0.1) is 12.7 Å². The van der Waals surface area contributed by atoms with Crippen LogP contribution in [0.3, 0.4) is 0 Å². The van der Waals surface area contributed by atoms with Crippen molar-refractivity contribution >= 4 is 11.6 Å². The molecular formula is C14H21FN2O2. The Morgan fingerprint density at radius 1 is 1.42 bits per heavy atom. The van der Waals surface area contributed by atoms with E-state index in [2.05, 4.69) is 12.2 Å². The third-order valence-electron chi connectivity index (χ3n) is 2.70. The molecule has 19 heavy (non-hydrogen) atoms. The molecule has 0 unspecified atom stereocenters. The van der Waals surface area contributed by atoms with Crippen LogP contribution in [0.15, 0.2) is 12.1 Å². The Bertz CT molecular complexity index is 436. The number of carbonyl (C=O) groups is 1. The van der Waals surface area contributed by atoms with E-state index >= 15 is 0 Å². The van der Waals surface area contributed by atoms with E-state index in [4.69, 9.17) is 10.5 Å². The Hall–Kier alpha value is -1.62. The molecule has 1 aromatic carbocycles. The van der Waals surface area contributed by atoms with Crippen molar-refractivity contribution in [2.75, 3.05) is 25.5 Å². The van der Waals surface area contributed by atoms with E-state index in [0.717, 1.165) is 12.8 Å². The van der Waals surface area contributed by atoms with Crippen LogP contribution >= 0.6 is 0 Å². The summed E-state index contributed by atoms with van der Waals surface area (Å²) in [5, 5.41) is 2.61. The van der Waals surface area contributed by atoms with Crippen LogP contribution in [0.1, 0.15) is 35.7 Å². The van der Waals surface area contributed by atoms with Crippen LogP contribution in [0.2, 0.25) is 0 Å². The molecule has 0 saturated heterocycles. The fraction of sp³-hybridized carbons (Fsp3) is 0.500. The number of hydrogen-bond donors (Lipinski definition) is 2. The maximum atomic E-state index is 13.8. The van der Waals surface area contributed by atoms with E-state index in [0.29, 0.717) is 31.0 Å².